The van der Waals surface area contributed by atoms with Crippen molar-refractivity contribution < 1.29 is 9.84 Å². The topological polar surface area (TPSA) is 32.7 Å². The maximum Gasteiger partial charge on any atom is 0.119 e. The standard InChI is InChI=1S/C24H33NO2/c1-25(2)18-21-12-8-14-23(20-11-7-13-22(17-20)27-3)24(21,26)16-15-19-9-5-4-6-10-19/h4-7,9-11,13,17,21,23,26H,8,12,14-16,18H2,1-3H3. The van der Waals surface area contributed by atoms with E-state index in [1.807, 2.05) is 18.2 Å². The predicted molar refractivity (Wildman–Crippen MR) is 111 cm³/mol. The van der Waals surface area contributed by atoms with Gasteiger partial charge in [0.05, 0.1) is 12.7 Å². The van der Waals surface area contributed by atoms with Crippen LogP contribution in [0.5, 0.6) is 5.75 Å². The fraction of sp³-hybridized carbons (Fsp3) is 0.500. The number of nitrogens with zero attached hydrogens (tertiary/aromatic N) is 1. The predicted octanol–water partition coefficient (Wildman–Crippen LogP) is 4.50. The van der Waals surface area contributed by atoms with Gasteiger partial charge in [0.1, 0.15) is 5.75 Å². The quantitative estimate of drug-likeness (QED) is 0.782. The number of aliphatic hydroxyl groups is 1. The van der Waals surface area contributed by atoms with E-state index in [9.17, 15) is 5.11 Å². The van der Waals surface area contributed by atoms with Gasteiger partial charge in [-0.15, -0.1) is 0 Å². The van der Waals surface area contributed by atoms with Crippen molar-refractivity contribution in [3.8, 4) is 5.75 Å². The van der Waals surface area contributed by atoms with Crippen LogP contribution >= 0.6 is 0 Å². The van der Waals surface area contributed by atoms with Crippen LogP contribution in [-0.4, -0.2) is 43.4 Å². The highest BCUT2D eigenvalue weighted by molar-refractivity contribution is 5.33. The van der Waals surface area contributed by atoms with E-state index in [0.717, 1.165) is 44.4 Å². The van der Waals surface area contributed by atoms with E-state index >= 15 is 0 Å². The zero-order chi connectivity index (χ0) is 19.3. The maximum atomic E-state index is 12.1. The van der Waals surface area contributed by atoms with Gasteiger partial charge in [-0.25, -0.2) is 0 Å². The van der Waals surface area contributed by atoms with Gasteiger partial charge >= 0.3 is 0 Å². The number of rotatable bonds is 7. The van der Waals surface area contributed by atoms with E-state index in [1.165, 1.54) is 11.1 Å². The molecule has 1 fully saturated rings. The van der Waals surface area contributed by atoms with Crippen molar-refractivity contribution in [2.45, 2.75) is 43.6 Å². The normalized spacial score (nSPS) is 25.5. The number of aryl methyl sites for hydroxylation is 1. The molecule has 0 bridgehead atoms. The summed E-state index contributed by atoms with van der Waals surface area (Å²) < 4.78 is 5.44. The molecule has 3 heteroatoms. The van der Waals surface area contributed by atoms with Gasteiger partial charge in [0.25, 0.3) is 0 Å². The molecule has 1 saturated carbocycles. The lowest BCUT2D eigenvalue weighted by atomic mass is 9.63. The Labute approximate surface area is 164 Å². The Bertz CT molecular complexity index is 715. The average molecular weight is 368 g/mol. The molecule has 0 spiro atoms. The van der Waals surface area contributed by atoms with E-state index in [2.05, 4.69) is 55.4 Å². The number of hydrogen-bond acceptors (Lipinski definition) is 3. The Kier molecular flexibility index (Phi) is 6.56. The van der Waals surface area contributed by atoms with Crippen LogP contribution in [-0.2, 0) is 6.42 Å². The van der Waals surface area contributed by atoms with Gasteiger partial charge in [-0.05, 0) is 63.0 Å². The molecule has 146 valence electrons. The molecule has 2 aromatic carbocycles. The minimum absolute atomic E-state index is 0.148. The van der Waals surface area contributed by atoms with Crippen LogP contribution in [0.4, 0.5) is 0 Å². The van der Waals surface area contributed by atoms with Crippen LogP contribution in [0.25, 0.3) is 0 Å². The van der Waals surface area contributed by atoms with E-state index < -0.39 is 5.60 Å². The number of ether oxygens (including phenoxy) is 1. The molecule has 0 heterocycles. The Hall–Kier alpha value is -1.84. The Morgan fingerprint density at radius 3 is 2.56 bits per heavy atom. The number of benzene rings is 2. The van der Waals surface area contributed by atoms with Crippen LogP contribution in [0.2, 0.25) is 0 Å². The zero-order valence-electron chi connectivity index (χ0n) is 16.9. The first-order chi connectivity index (χ1) is 13.0. The smallest absolute Gasteiger partial charge is 0.119 e. The molecule has 0 amide bonds. The lowest BCUT2D eigenvalue weighted by Gasteiger charge is -2.47. The summed E-state index contributed by atoms with van der Waals surface area (Å²) in [5.41, 5.74) is 1.79. The molecule has 2 aromatic rings. The fourth-order valence-electron chi connectivity index (χ4n) is 4.72. The second-order valence-electron chi connectivity index (χ2n) is 8.20. The van der Waals surface area contributed by atoms with Gasteiger partial charge < -0.3 is 14.7 Å². The van der Waals surface area contributed by atoms with Crippen LogP contribution < -0.4 is 4.74 Å². The number of hydrogen-bond donors (Lipinski definition) is 1. The molecule has 3 atom stereocenters. The van der Waals surface area contributed by atoms with Gasteiger partial charge in [0.2, 0.25) is 0 Å². The van der Waals surface area contributed by atoms with Crippen molar-refractivity contribution in [3.63, 3.8) is 0 Å². The molecule has 3 nitrogen and oxygen atoms in total. The molecule has 1 aliphatic carbocycles. The molecule has 1 aliphatic rings. The van der Waals surface area contributed by atoms with Crippen LogP contribution in [0, 0.1) is 5.92 Å². The fourth-order valence-corrected chi connectivity index (χ4v) is 4.72. The molecule has 1 N–H and O–H groups in total. The lowest BCUT2D eigenvalue weighted by Crippen LogP contribution is -2.50. The first kappa shape index (κ1) is 19.9. The second-order valence-corrected chi connectivity index (χ2v) is 8.20. The van der Waals surface area contributed by atoms with Gasteiger partial charge in [-0.3, -0.25) is 0 Å². The van der Waals surface area contributed by atoms with Crippen molar-refractivity contribution in [2.75, 3.05) is 27.7 Å². The molecule has 27 heavy (non-hydrogen) atoms. The minimum atomic E-state index is -0.704. The average Bonchev–Trinajstić information content (AvgIpc) is 2.69. The summed E-state index contributed by atoms with van der Waals surface area (Å²) in [6, 6.07) is 18.8. The molecule has 0 aliphatic heterocycles. The molecule has 0 radical (unpaired) electrons. The summed E-state index contributed by atoms with van der Waals surface area (Å²) in [5.74, 6) is 1.30. The lowest BCUT2D eigenvalue weighted by molar-refractivity contribution is -0.0795. The van der Waals surface area contributed by atoms with Crippen molar-refractivity contribution in [1.29, 1.82) is 0 Å². The van der Waals surface area contributed by atoms with Crippen molar-refractivity contribution in [3.05, 3.63) is 65.7 Å². The summed E-state index contributed by atoms with van der Waals surface area (Å²) in [7, 11) is 5.91. The molecular weight excluding hydrogens is 334 g/mol. The number of methoxy groups -OCH3 is 1. The highest BCUT2D eigenvalue weighted by Gasteiger charge is 2.46. The van der Waals surface area contributed by atoms with Crippen molar-refractivity contribution in [1.82, 2.24) is 4.90 Å². The molecule has 3 unspecified atom stereocenters. The van der Waals surface area contributed by atoms with E-state index in [0.29, 0.717) is 0 Å². The highest BCUT2D eigenvalue weighted by atomic mass is 16.5. The van der Waals surface area contributed by atoms with Crippen molar-refractivity contribution in [2.24, 2.45) is 5.92 Å². The summed E-state index contributed by atoms with van der Waals surface area (Å²) in [6.45, 7) is 0.922. The largest absolute Gasteiger partial charge is 0.497 e. The Morgan fingerprint density at radius 1 is 1.07 bits per heavy atom. The molecule has 0 saturated heterocycles. The van der Waals surface area contributed by atoms with Gasteiger partial charge in [-0.1, -0.05) is 48.9 Å². The summed E-state index contributed by atoms with van der Waals surface area (Å²) in [5, 5.41) is 12.1. The summed E-state index contributed by atoms with van der Waals surface area (Å²) in [4.78, 5) is 2.21. The monoisotopic (exact) mass is 367 g/mol. The van der Waals surface area contributed by atoms with Crippen LogP contribution in [0.15, 0.2) is 54.6 Å². The maximum absolute atomic E-state index is 12.1. The first-order valence-corrected chi connectivity index (χ1v) is 10.1. The summed E-state index contributed by atoms with van der Waals surface area (Å²) >= 11 is 0. The SMILES string of the molecule is COc1cccc(C2CCCC(CN(C)C)C2(O)CCc2ccccc2)c1. The zero-order valence-corrected chi connectivity index (χ0v) is 16.9. The molecular formula is C24H33NO2. The summed E-state index contributed by atoms with van der Waals surface area (Å²) in [6.07, 6.45) is 4.97. The minimum Gasteiger partial charge on any atom is -0.497 e. The highest BCUT2D eigenvalue weighted by Crippen LogP contribution is 2.47. The Balaban J connectivity index is 1.90. The van der Waals surface area contributed by atoms with Crippen LogP contribution in [0.3, 0.4) is 0 Å². The van der Waals surface area contributed by atoms with Gasteiger partial charge in [0.15, 0.2) is 0 Å². The third kappa shape index (κ3) is 4.72. The van der Waals surface area contributed by atoms with E-state index in [4.69, 9.17) is 4.74 Å². The third-order valence-electron chi connectivity index (χ3n) is 6.09. The first-order valence-electron chi connectivity index (χ1n) is 10.1. The van der Waals surface area contributed by atoms with Gasteiger partial charge in [0, 0.05) is 18.4 Å². The molecule has 0 aromatic heterocycles. The van der Waals surface area contributed by atoms with Crippen LogP contribution in [0.1, 0.15) is 42.7 Å². The van der Waals surface area contributed by atoms with Gasteiger partial charge in [-0.2, -0.15) is 0 Å². The third-order valence-corrected chi connectivity index (χ3v) is 6.09. The Morgan fingerprint density at radius 2 is 1.85 bits per heavy atom. The van der Waals surface area contributed by atoms with E-state index in [-0.39, 0.29) is 11.8 Å². The van der Waals surface area contributed by atoms with Crippen molar-refractivity contribution >= 4 is 0 Å². The molecule has 3 rings (SSSR count). The second kappa shape index (κ2) is 8.90. The van der Waals surface area contributed by atoms with E-state index in [1.54, 1.807) is 7.11 Å².